The number of carbonyl (C=O) groups excluding carboxylic acids is 1. The summed E-state index contributed by atoms with van der Waals surface area (Å²) >= 11 is 0. The van der Waals surface area contributed by atoms with Gasteiger partial charge in [0.25, 0.3) is 11.5 Å². The Balaban J connectivity index is 1.74. The summed E-state index contributed by atoms with van der Waals surface area (Å²) in [7, 11) is 0. The highest BCUT2D eigenvalue weighted by Crippen LogP contribution is 2.05. The largest absolute Gasteiger partial charge is 0.352 e. The van der Waals surface area contributed by atoms with Gasteiger partial charge >= 0.3 is 5.69 Å². The van der Waals surface area contributed by atoms with E-state index in [1.54, 1.807) is 54.6 Å². The van der Waals surface area contributed by atoms with Gasteiger partial charge in [-0.3, -0.25) is 14.2 Å². The summed E-state index contributed by atoms with van der Waals surface area (Å²) < 4.78 is 15.1. The predicted molar refractivity (Wildman–Crippen MR) is 117 cm³/mol. The van der Waals surface area contributed by atoms with Crippen LogP contribution in [-0.4, -0.2) is 20.3 Å². The lowest BCUT2D eigenvalue weighted by Crippen LogP contribution is -2.46. The standard InChI is InChI=1S/C24H19FN4O3/c25-19-13-11-17(12-14-19)15-26-22(30)21-23(31)28(16-18-7-3-1-4-8-18)24(32)29(27-21)20-9-5-2-6-10-20/h1-14H,15-16H2,(H,26,30). The third-order valence-electron chi connectivity index (χ3n) is 4.83. The van der Waals surface area contributed by atoms with E-state index in [2.05, 4.69) is 10.4 Å². The maximum absolute atomic E-state index is 13.1. The van der Waals surface area contributed by atoms with Crippen molar-refractivity contribution in [1.29, 1.82) is 0 Å². The maximum atomic E-state index is 13.1. The molecule has 8 heteroatoms. The molecular weight excluding hydrogens is 411 g/mol. The first-order chi connectivity index (χ1) is 15.5. The highest BCUT2D eigenvalue weighted by Gasteiger charge is 2.20. The minimum atomic E-state index is -0.789. The fourth-order valence-corrected chi connectivity index (χ4v) is 3.17. The second kappa shape index (κ2) is 9.22. The number of aromatic nitrogens is 3. The Kier molecular flexibility index (Phi) is 6.03. The van der Waals surface area contributed by atoms with E-state index in [9.17, 15) is 18.8 Å². The van der Waals surface area contributed by atoms with Crippen LogP contribution >= 0.6 is 0 Å². The third kappa shape index (κ3) is 4.54. The van der Waals surface area contributed by atoms with Gasteiger partial charge in [0.05, 0.1) is 12.2 Å². The number of benzene rings is 3. The van der Waals surface area contributed by atoms with Crippen LogP contribution in [0, 0.1) is 5.82 Å². The van der Waals surface area contributed by atoms with E-state index < -0.39 is 22.9 Å². The second-order valence-electron chi connectivity index (χ2n) is 7.06. The first-order valence-corrected chi connectivity index (χ1v) is 9.89. The molecule has 0 aliphatic rings. The number of nitrogens with one attached hydrogen (secondary N) is 1. The Hall–Kier alpha value is -4.33. The molecule has 0 radical (unpaired) electrons. The van der Waals surface area contributed by atoms with Crippen LogP contribution in [0.25, 0.3) is 5.69 Å². The maximum Gasteiger partial charge on any atom is 0.352 e. The topological polar surface area (TPSA) is 86.0 Å². The van der Waals surface area contributed by atoms with Gasteiger partial charge in [-0.1, -0.05) is 60.7 Å². The zero-order valence-corrected chi connectivity index (χ0v) is 16.9. The summed E-state index contributed by atoms with van der Waals surface area (Å²) in [6, 6.07) is 23.2. The molecule has 0 fully saturated rings. The predicted octanol–water partition coefficient (Wildman–Crippen LogP) is 2.51. The van der Waals surface area contributed by atoms with Crippen molar-refractivity contribution in [3.05, 3.63) is 128 Å². The number of carbonyl (C=O) groups is 1. The quantitative estimate of drug-likeness (QED) is 0.509. The molecule has 1 N–H and O–H groups in total. The van der Waals surface area contributed by atoms with E-state index in [1.165, 1.54) is 24.3 Å². The Morgan fingerprint density at radius 3 is 2.12 bits per heavy atom. The van der Waals surface area contributed by atoms with Crippen molar-refractivity contribution in [3.63, 3.8) is 0 Å². The molecule has 3 aromatic carbocycles. The molecule has 32 heavy (non-hydrogen) atoms. The number of halogens is 1. The minimum absolute atomic E-state index is 0.00783. The van der Waals surface area contributed by atoms with Gasteiger partial charge in [-0.15, -0.1) is 0 Å². The molecule has 0 spiro atoms. The van der Waals surface area contributed by atoms with Crippen LogP contribution in [-0.2, 0) is 13.1 Å². The van der Waals surface area contributed by atoms with Gasteiger partial charge in [-0.05, 0) is 35.4 Å². The molecule has 0 bridgehead atoms. The first-order valence-electron chi connectivity index (χ1n) is 9.89. The van der Waals surface area contributed by atoms with Crippen LogP contribution in [0.2, 0.25) is 0 Å². The van der Waals surface area contributed by atoms with E-state index in [4.69, 9.17) is 0 Å². The zero-order chi connectivity index (χ0) is 22.5. The van der Waals surface area contributed by atoms with Crippen LogP contribution in [0.15, 0.2) is 94.5 Å². The van der Waals surface area contributed by atoms with Crippen LogP contribution < -0.4 is 16.6 Å². The lowest BCUT2D eigenvalue weighted by Gasteiger charge is -2.12. The van der Waals surface area contributed by atoms with Gasteiger partial charge in [-0.2, -0.15) is 9.78 Å². The molecule has 0 aliphatic carbocycles. The molecule has 1 aromatic heterocycles. The summed E-state index contributed by atoms with van der Waals surface area (Å²) in [6.45, 7) is 0.0650. The number of hydrogen-bond donors (Lipinski definition) is 1. The normalized spacial score (nSPS) is 10.7. The van der Waals surface area contributed by atoms with Gasteiger partial charge < -0.3 is 5.32 Å². The van der Waals surface area contributed by atoms with Gasteiger partial charge in [-0.25, -0.2) is 9.18 Å². The summed E-state index contributed by atoms with van der Waals surface area (Å²) in [4.78, 5) is 39.0. The first kappa shape index (κ1) is 20.9. The molecule has 0 saturated heterocycles. The number of para-hydroxylation sites is 1. The summed E-state index contributed by atoms with van der Waals surface area (Å²) in [5.41, 5.74) is -0.0444. The van der Waals surface area contributed by atoms with E-state index in [0.29, 0.717) is 11.3 Å². The average molecular weight is 430 g/mol. The fraction of sp³-hybridized carbons (Fsp3) is 0.0833. The smallest absolute Gasteiger partial charge is 0.346 e. The Labute approximate surface area is 182 Å². The van der Waals surface area contributed by atoms with Crippen LogP contribution in [0.5, 0.6) is 0 Å². The molecule has 0 atom stereocenters. The van der Waals surface area contributed by atoms with Crippen LogP contribution in [0.4, 0.5) is 4.39 Å². The van der Waals surface area contributed by atoms with Gasteiger partial charge in [0.2, 0.25) is 5.69 Å². The molecule has 0 aliphatic heterocycles. The summed E-state index contributed by atoms with van der Waals surface area (Å²) in [5.74, 6) is -1.12. The lowest BCUT2D eigenvalue weighted by molar-refractivity contribution is 0.0941. The number of rotatable bonds is 6. The van der Waals surface area contributed by atoms with Gasteiger partial charge in [0, 0.05) is 6.54 Å². The highest BCUT2D eigenvalue weighted by atomic mass is 19.1. The number of nitrogens with zero attached hydrogens (tertiary/aromatic N) is 3. The van der Waals surface area contributed by atoms with Crippen molar-refractivity contribution in [2.24, 2.45) is 0 Å². The second-order valence-corrected chi connectivity index (χ2v) is 7.06. The van der Waals surface area contributed by atoms with Crippen molar-refractivity contribution < 1.29 is 9.18 Å². The summed E-state index contributed by atoms with van der Waals surface area (Å²) in [6.07, 6.45) is 0. The molecule has 4 aromatic rings. The summed E-state index contributed by atoms with van der Waals surface area (Å²) in [5, 5.41) is 6.68. The van der Waals surface area contributed by atoms with Gasteiger partial charge in [0.15, 0.2) is 0 Å². The molecular formula is C24H19FN4O3. The van der Waals surface area contributed by atoms with E-state index in [0.717, 1.165) is 14.8 Å². The van der Waals surface area contributed by atoms with E-state index >= 15 is 0 Å². The van der Waals surface area contributed by atoms with Crippen LogP contribution in [0.3, 0.4) is 0 Å². The van der Waals surface area contributed by atoms with Crippen molar-refractivity contribution in [1.82, 2.24) is 19.7 Å². The molecule has 0 unspecified atom stereocenters. The average Bonchev–Trinajstić information content (AvgIpc) is 2.82. The van der Waals surface area contributed by atoms with Crippen molar-refractivity contribution in [3.8, 4) is 5.69 Å². The van der Waals surface area contributed by atoms with E-state index in [-0.39, 0.29) is 18.9 Å². The van der Waals surface area contributed by atoms with E-state index in [1.807, 2.05) is 6.07 Å². The molecule has 1 amide bonds. The Morgan fingerprint density at radius 2 is 1.47 bits per heavy atom. The lowest BCUT2D eigenvalue weighted by atomic mass is 10.2. The van der Waals surface area contributed by atoms with Crippen molar-refractivity contribution in [2.45, 2.75) is 13.1 Å². The third-order valence-corrected chi connectivity index (χ3v) is 4.83. The molecule has 160 valence electrons. The fourth-order valence-electron chi connectivity index (χ4n) is 3.17. The molecule has 7 nitrogen and oxygen atoms in total. The molecule has 0 saturated carbocycles. The minimum Gasteiger partial charge on any atom is -0.346 e. The molecule has 1 heterocycles. The number of amides is 1. The SMILES string of the molecule is O=C(NCc1ccc(F)cc1)c1nn(-c2ccccc2)c(=O)n(Cc2ccccc2)c1=O. The Bertz CT molecular complexity index is 1350. The zero-order valence-electron chi connectivity index (χ0n) is 16.9. The van der Waals surface area contributed by atoms with Crippen molar-refractivity contribution in [2.75, 3.05) is 0 Å². The Morgan fingerprint density at radius 1 is 0.844 bits per heavy atom. The number of hydrogen-bond acceptors (Lipinski definition) is 4. The monoisotopic (exact) mass is 430 g/mol. The molecule has 4 rings (SSSR count). The highest BCUT2D eigenvalue weighted by molar-refractivity contribution is 5.91. The van der Waals surface area contributed by atoms with Crippen LogP contribution in [0.1, 0.15) is 21.6 Å². The van der Waals surface area contributed by atoms with Gasteiger partial charge in [0.1, 0.15) is 5.82 Å². The van der Waals surface area contributed by atoms with Crippen molar-refractivity contribution >= 4 is 5.91 Å².